The Morgan fingerprint density at radius 2 is 2.00 bits per heavy atom. The van der Waals surface area contributed by atoms with Crippen molar-refractivity contribution in [3.63, 3.8) is 0 Å². The van der Waals surface area contributed by atoms with Crippen molar-refractivity contribution in [2.24, 2.45) is 17.1 Å². The third-order valence-corrected chi connectivity index (χ3v) is 7.55. The predicted molar refractivity (Wildman–Crippen MR) is 139 cm³/mol. The largest absolute Gasteiger partial charge is 0.468 e. The maximum Gasteiger partial charge on any atom is 0.321 e. The van der Waals surface area contributed by atoms with Gasteiger partial charge in [-0.15, -0.1) is 11.8 Å². The highest BCUT2D eigenvalue weighted by atomic mass is 32.2. The SMILES string of the molecule is CCCCNC(=O)[C@H](C)C[C@H](O)[C@@H](N)CC(C)(C)CC(=O)N1CC(C(=O)OC)Sc2ccccc21. The smallest absolute Gasteiger partial charge is 0.321 e. The molecule has 1 aliphatic heterocycles. The van der Waals surface area contributed by atoms with Crippen molar-refractivity contribution >= 4 is 35.2 Å². The van der Waals surface area contributed by atoms with Crippen LogP contribution in [-0.2, 0) is 19.1 Å². The molecule has 1 aromatic rings. The summed E-state index contributed by atoms with van der Waals surface area (Å²) >= 11 is 1.40. The van der Waals surface area contributed by atoms with Crippen LogP contribution >= 0.6 is 11.8 Å². The Hall–Kier alpha value is -2.10. The van der Waals surface area contributed by atoms with Gasteiger partial charge in [-0.05, 0) is 36.8 Å². The number of aliphatic hydroxyl groups excluding tert-OH is 1. The van der Waals surface area contributed by atoms with Gasteiger partial charge in [0.15, 0.2) is 0 Å². The zero-order valence-electron chi connectivity index (χ0n) is 21.6. The number of anilines is 1. The number of hydrogen-bond donors (Lipinski definition) is 3. The fourth-order valence-corrected chi connectivity index (χ4v) is 5.46. The van der Waals surface area contributed by atoms with E-state index in [1.807, 2.05) is 38.1 Å². The number of ether oxygens (including phenoxy) is 1. The topological polar surface area (TPSA) is 122 Å². The molecule has 1 unspecified atom stereocenters. The van der Waals surface area contributed by atoms with E-state index in [1.54, 1.807) is 11.8 Å². The minimum Gasteiger partial charge on any atom is -0.468 e. The molecule has 2 rings (SSSR count). The van der Waals surface area contributed by atoms with Crippen LogP contribution in [0.2, 0.25) is 0 Å². The van der Waals surface area contributed by atoms with Crippen molar-refractivity contribution in [2.45, 2.75) is 82.1 Å². The summed E-state index contributed by atoms with van der Waals surface area (Å²) in [6.45, 7) is 8.61. The van der Waals surface area contributed by atoms with Crippen LogP contribution in [0.5, 0.6) is 0 Å². The molecule has 35 heavy (non-hydrogen) atoms. The lowest BCUT2D eigenvalue weighted by Crippen LogP contribution is -2.45. The van der Waals surface area contributed by atoms with Crippen molar-refractivity contribution < 1.29 is 24.2 Å². The second-order valence-corrected chi connectivity index (χ2v) is 11.4. The minimum atomic E-state index is -0.855. The fraction of sp³-hybridized carbons (Fsp3) is 0.654. The van der Waals surface area contributed by atoms with Crippen LogP contribution in [0.4, 0.5) is 5.69 Å². The minimum absolute atomic E-state index is 0.0825. The number of carbonyl (C=O) groups is 3. The van der Waals surface area contributed by atoms with Crippen LogP contribution < -0.4 is 16.0 Å². The number of benzene rings is 1. The Bertz CT molecular complexity index is 878. The van der Waals surface area contributed by atoms with Gasteiger partial charge in [-0.1, -0.05) is 46.2 Å². The van der Waals surface area contributed by atoms with Crippen molar-refractivity contribution in [2.75, 3.05) is 25.1 Å². The Morgan fingerprint density at radius 3 is 2.66 bits per heavy atom. The van der Waals surface area contributed by atoms with E-state index in [0.29, 0.717) is 13.0 Å². The van der Waals surface area contributed by atoms with Crippen molar-refractivity contribution in [3.05, 3.63) is 24.3 Å². The quantitative estimate of drug-likeness (QED) is 0.293. The number of unbranched alkanes of at least 4 members (excludes halogenated alkanes) is 1. The molecule has 196 valence electrons. The van der Waals surface area contributed by atoms with Crippen LogP contribution in [0.15, 0.2) is 29.2 Å². The lowest BCUT2D eigenvalue weighted by Gasteiger charge is -2.36. The first-order valence-electron chi connectivity index (χ1n) is 12.3. The summed E-state index contributed by atoms with van der Waals surface area (Å²) in [5.74, 6) is -0.905. The number of fused-ring (bicyclic) bond motifs is 1. The van der Waals surface area contributed by atoms with Gasteiger partial charge in [0, 0.05) is 36.4 Å². The van der Waals surface area contributed by atoms with Crippen LogP contribution in [0.3, 0.4) is 0 Å². The second kappa shape index (κ2) is 13.3. The highest BCUT2D eigenvalue weighted by Crippen LogP contribution is 2.40. The zero-order chi connectivity index (χ0) is 26.2. The molecule has 0 bridgehead atoms. The molecular formula is C26H41N3O5S. The van der Waals surface area contributed by atoms with E-state index in [2.05, 4.69) is 12.2 Å². The van der Waals surface area contributed by atoms with Gasteiger partial charge in [0.25, 0.3) is 0 Å². The first kappa shape index (κ1) is 29.1. The van der Waals surface area contributed by atoms with Gasteiger partial charge in [-0.25, -0.2) is 0 Å². The van der Waals surface area contributed by atoms with Crippen LogP contribution in [-0.4, -0.2) is 60.5 Å². The lowest BCUT2D eigenvalue weighted by atomic mass is 9.80. The number of amides is 2. The first-order valence-corrected chi connectivity index (χ1v) is 13.2. The number of thioether (sulfide) groups is 1. The molecule has 0 fully saturated rings. The molecule has 0 aliphatic carbocycles. The molecule has 1 aliphatic rings. The van der Waals surface area contributed by atoms with E-state index < -0.39 is 22.8 Å². The summed E-state index contributed by atoms with van der Waals surface area (Å²) in [6.07, 6.45) is 1.94. The molecule has 0 spiro atoms. The predicted octanol–water partition coefficient (Wildman–Crippen LogP) is 3.10. The van der Waals surface area contributed by atoms with Gasteiger partial charge >= 0.3 is 5.97 Å². The van der Waals surface area contributed by atoms with Gasteiger partial charge < -0.3 is 25.8 Å². The monoisotopic (exact) mass is 507 g/mol. The van der Waals surface area contributed by atoms with E-state index in [0.717, 1.165) is 23.4 Å². The van der Waals surface area contributed by atoms with E-state index in [9.17, 15) is 19.5 Å². The molecule has 0 saturated carbocycles. The second-order valence-electron chi connectivity index (χ2n) is 10.2. The summed E-state index contributed by atoms with van der Waals surface area (Å²) < 4.78 is 4.92. The van der Waals surface area contributed by atoms with Crippen molar-refractivity contribution in [1.82, 2.24) is 5.32 Å². The highest BCUT2D eigenvalue weighted by Gasteiger charge is 2.36. The number of hydrogen-bond acceptors (Lipinski definition) is 7. The average molecular weight is 508 g/mol. The first-order chi connectivity index (χ1) is 16.5. The number of carbonyl (C=O) groups excluding carboxylic acids is 3. The van der Waals surface area contributed by atoms with Gasteiger partial charge in [0.2, 0.25) is 11.8 Å². The number of para-hydroxylation sites is 1. The lowest BCUT2D eigenvalue weighted by molar-refractivity contribution is -0.139. The van der Waals surface area contributed by atoms with E-state index in [-0.39, 0.29) is 43.1 Å². The summed E-state index contributed by atoms with van der Waals surface area (Å²) in [5, 5.41) is 13.1. The standard InChI is InChI=1S/C26H41N3O5S/c1-6-7-12-28-24(32)17(2)13-20(30)18(27)14-26(3,4)15-23(31)29-16-22(25(33)34-5)35-21-11-9-8-10-19(21)29/h8-11,17-18,20,22,30H,6-7,12-16,27H2,1-5H3,(H,28,32)/t17-,18+,20+,22?/m1/s1. The zero-order valence-corrected chi connectivity index (χ0v) is 22.4. The summed E-state index contributed by atoms with van der Waals surface area (Å²) in [7, 11) is 1.35. The molecule has 1 heterocycles. The molecule has 4 atom stereocenters. The van der Waals surface area contributed by atoms with Crippen LogP contribution in [0.1, 0.15) is 59.8 Å². The summed E-state index contributed by atoms with van der Waals surface area (Å²) in [6, 6.07) is 6.95. The third kappa shape index (κ3) is 8.51. The van der Waals surface area contributed by atoms with Crippen molar-refractivity contribution in [3.8, 4) is 0 Å². The number of esters is 1. The van der Waals surface area contributed by atoms with Crippen LogP contribution in [0.25, 0.3) is 0 Å². The van der Waals surface area contributed by atoms with E-state index in [1.165, 1.54) is 18.9 Å². The molecule has 0 saturated heterocycles. The molecule has 0 radical (unpaired) electrons. The van der Waals surface area contributed by atoms with Crippen LogP contribution in [0, 0.1) is 11.3 Å². The van der Waals surface area contributed by atoms with E-state index >= 15 is 0 Å². The Kier molecular flexibility index (Phi) is 11.0. The molecule has 1 aromatic carbocycles. The molecular weight excluding hydrogens is 466 g/mol. The van der Waals surface area contributed by atoms with Gasteiger partial charge in [0.05, 0.1) is 18.9 Å². The molecule has 9 heteroatoms. The highest BCUT2D eigenvalue weighted by molar-refractivity contribution is 8.00. The average Bonchev–Trinajstić information content (AvgIpc) is 2.81. The number of nitrogens with one attached hydrogen (secondary N) is 1. The van der Waals surface area contributed by atoms with E-state index in [4.69, 9.17) is 10.5 Å². The summed E-state index contributed by atoms with van der Waals surface area (Å²) in [4.78, 5) is 40.3. The van der Waals surface area contributed by atoms with Crippen molar-refractivity contribution in [1.29, 1.82) is 0 Å². The van der Waals surface area contributed by atoms with Gasteiger partial charge in [-0.3, -0.25) is 14.4 Å². The molecule has 2 amide bonds. The maximum atomic E-state index is 13.4. The number of methoxy groups -OCH3 is 1. The van der Waals surface area contributed by atoms with Gasteiger partial charge in [0.1, 0.15) is 5.25 Å². The molecule has 0 aromatic heterocycles. The Balaban J connectivity index is 1.99. The Labute approximate surface area is 213 Å². The summed E-state index contributed by atoms with van der Waals surface area (Å²) in [5.41, 5.74) is 6.60. The number of rotatable bonds is 12. The Morgan fingerprint density at radius 1 is 1.31 bits per heavy atom. The normalized spacial score (nSPS) is 18.3. The third-order valence-electron chi connectivity index (χ3n) is 6.32. The maximum absolute atomic E-state index is 13.4. The number of nitrogens with zero attached hydrogens (tertiary/aromatic N) is 1. The number of nitrogens with two attached hydrogens (primary N) is 1. The van der Waals surface area contributed by atoms with Gasteiger partial charge in [-0.2, -0.15) is 0 Å². The fourth-order valence-electron chi connectivity index (χ4n) is 4.28. The molecule has 4 N–H and O–H groups in total. The molecule has 8 nitrogen and oxygen atoms in total. The number of aliphatic hydroxyl groups is 1.